The smallest absolute Gasteiger partial charge is 0.313 e. The Bertz CT molecular complexity index is 379. The summed E-state index contributed by atoms with van der Waals surface area (Å²) >= 11 is 2.69. The second-order valence-electron chi connectivity index (χ2n) is 3.73. The number of thioether (sulfide) groups is 1. The molecule has 1 aliphatic rings. The van der Waals surface area contributed by atoms with Crippen LogP contribution in [-0.4, -0.2) is 40.1 Å². The van der Waals surface area contributed by atoms with Gasteiger partial charge in [-0.05, 0) is 19.3 Å². The van der Waals surface area contributed by atoms with Gasteiger partial charge in [-0.25, -0.2) is 0 Å². The van der Waals surface area contributed by atoms with Crippen LogP contribution in [0.15, 0.2) is 4.34 Å². The molecular weight excluding hydrogens is 246 g/mol. The van der Waals surface area contributed by atoms with Gasteiger partial charge in [0.2, 0.25) is 5.13 Å². The molecule has 1 saturated carbocycles. The van der Waals surface area contributed by atoms with Crippen molar-refractivity contribution in [3.8, 4) is 0 Å². The SMILES string of the molecule is CN(c1nnc(SCC(=O)O)s1)C1CCC1. The number of aliphatic carboxylic acids is 1. The molecule has 0 bridgehead atoms. The zero-order valence-electron chi connectivity index (χ0n) is 8.92. The highest BCUT2D eigenvalue weighted by atomic mass is 32.2. The Morgan fingerprint density at radius 1 is 1.62 bits per heavy atom. The van der Waals surface area contributed by atoms with Crippen molar-refractivity contribution >= 4 is 34.2 Å². The topological polar surface area (TPSA) is 66.3 Å². The molecule has 1 aromatic heterocycles. The second kappa shape index (κ2) is 5.01. The molecule has 1 aliphatic carbocycles. The monoisotopic (exact) mass is 259 g/mol. The molecule has 2 rings (SSSR count). The third kappa shape index (κ3) is 2.65. The summed E-state index contributed by atoms with van der Waals surface area (Å²) in [5, 5.41) is 17.5. The number of carboxylic acids is 1. The summed E-state index contributed by atoms with van der Waals surface area (Å²) < 4.78 is 0.726. The number of aromatic nitrogens is 2. The van der Waals surface area contributed by atoms with E-state index in [1.807, 2.05) is 7.05 Å². The molecule has 1 fully saturated rings. The van der Waals surface area contributed by atoms with Crippen LogP contribution in [0.3, 0.4) is 0 Å². The highest BCUT2D eigenvalue weighted by molar-refractivity contribution is 8.01. The van der Waals surface area contributed by atoms with Gasteiger partial charge in [0.1, 0.15) is 0 Å². The molecule has 0 aromatic carbocycles. The second-order valence-corrected chi connectivity index (χ2v) is 5.91. The molecule has 0 atom stereocenters. The summed E-state index contributed by atoms with van der Waals surface area (Å²) in [5.74, 6) is -0.781. The molecule has 88 valence electrons. The predicted molar refractivity (Wildman–Crippen MR) is 64.3 cm³/mol. The average Bonchev–Trinajstić information content (AvgIpc) is 2.60. The number of hydrogen-bond donors (Lipinski definition) is 1. The standard InChI is InChI=1S/C9H13N3O2S2/c1-12(6-3-2-4-6)8-10-11-9(16-8)15-5-7(13)14/h6H,2-5H2,1H3,(H,13,14). The van der Waals surface area contributed by atoms with Crippen LogP contribution < -0.4 is 4.90 Å². The third-order valence-corrected chi connectivity index (χ3v) is 4.77. The molecule has 0 unspecified atom stereocenters. The maximum Gasteiger partial charge on any atom is 0.313 e. The summed E-state index contributed by atoms with van der Waals surface area (Å²) in [6.45, 7) is 0. The molecule has 16 heavy (non-hydrogen) atoms. The van der Waals surface area contributed by atoms with E-state index in [0.717, 1.165) is 9.47 Å². The van der Waals surface area contributed by atoms with Gasteiger partial charge < -0.3 is 10.0 Å². The molecule has 5 nitrogen and oxygen atoms in total. The van der Waals surface area contributed by atoms with Gasteiger partial charge in [-0.15, -0.1) is 10.2 Å². The quantitative estimate of drug-likeness (QED) is 0.812. The highest BCUT2D eigenvalue weighted by Crippen LogP contribution is 2.32. The van der Waals surface area contributed by atoms with Crippen molar-refractivity contribution in [2.45, 2.75) is 29.6 Å². The summed E-state index contributed by atoms with van der Waals surface area (Å²) in [7, 11) is 2.02. The fraction of sp³-hybridized carbons (Fsp3) is 0.667. The van der Waals surface area contributed by atoms with Crippen LogP contribution in [0.25, 0.3) is 0 Å². The van der Waals surface area contributed by atoms with Crippen molar-refractivity contribution in [3.63, 3.8) is 0 Å². The number of nitrogens with zero attached hydrogens (tertiary/aromatic N) is 3. The molecular formula is C9H13N3O2S2. The highest BCUT2D eigenvalue weighted by Gasteiger charge is 2.24. The zero-order chi connectivity index (χ0) is 11.5. The summed E-state index contributed by atoms with van der Waals surface area (Å²) in [4.78, 5) is 12.5. The van der Waals surface area contributed by atoms with E-state index in [1.54, 1.807) is 0 Å². The van der Waals surface area contributed by atoms with Crippen molar-refractivity contribution in [1.82, 2.24) is 10.2 Å². The lowest BCUT2D eigenvalue weighted by Gasteiger charge is -2.34. The van der Waals surface area contributed by atoms with E-state index in [-0.39, 0.29) is 5.75 Å². The first kappa shape index (κ1) is 11.7. The summed E-state index contributed by atoms with van der Waals surface area (Å²) in [6, 6.07) is 0.588. The molecule has 1 heterocycles. The third-order valence-electron chi connectivity index (χ3n) is 2.64. The Balaban J connectivity index is 1.93. The molecule has 0 aliphatic heterocycles. The first-order valence-electron chi connectivity index (χ1n) is 5.08. The minimum Gasteiger partial charge on any atom is -0.481 e. The van der Waals surface area contributed by atoms with Crippen LogP contribution in [0, 0.1) is 0 Å². The zero-order valence-corrected chi connectivity index (χ0v) is 10.6. The van der Waals surface area contributed by atoms with Crippen LogP contribution in [0.1, 0.15) is 19.3 Å². The number of carboxylic acid groups (broad SMARTS) is 1. The Hall–Kier alpha value is -0.820. The molecule has 7 heteroatoms. The largest absolute Gasteiger partial charge is 0.481 e. The Morgan fingerprint density at radius 2 is 2.38 bits per heavy atom. The minimum absolute atomic E-state index is 0.0434. The van der Waals surface area contributed by atoms with Gasteiger partial charge in [-0.2, -0.15) is 0 Å². The Morgan fingerprint density at radius 3 is 2.94 bits per heavy atom. The maximum absolute atomic E-state index is 10.4. The van der Waals surface area contributed by atoms with Gasteiger partial charge in [0.05, 0.1) is 5.75 Å². The van der Waals surface area contributed by atoms with Crippen molar-refractivity contribution in [2.75, 3.05) is 17.7 Å². The predicted octanol–water partition coefficient (Wildman–Crippen LogP) is 1.70. The van der Waals surface area contributed by atoms with Crippen LogP contribution in [0.2, 0.25) is 0 Å². The van der Waals surface area contributed by atoms with Gasteiger partial charge in [0.15, 0.2) is 4.34 Å². The van der Waals surface area contributed by atoms with Gasteiger partial charge in [-0.1, -0.05) is 23.1 Å². The van der Waals surface area contributed by atoms with Crippen LogP contribution in [0.4, 0.5) is 5.13 Å². The molecule has 0 spiro atoms. The van der Waals surface area contributed by atoms with Crippen molar-refractivity contribution in [2.24, 2.45) is 0 Å². The fourth-order valence-electron chi connectivity index (χ4n) is 1.46. The molecule has 0 radical (unpaired) electrons. The van der Waals surface area contributed by atoms with E-state index >= 15 is 0 Å². The number of anilines is 1. The minimum atomic E-state index is -0.825. The first-order valence-corrected chi connectivity index (χ1v) is 6.88. The summed E-state index contributed by atoms with van der Waals surface area (Å²) in [5.41, 5.74) is 0. The van der Waals surface area contributed by atoms with E-state index in [4.69, 9.17) is 5.11 Å². The van der Waals surface area contributed by atoms with Crippen molar-refractivity contribution in [3.05, 3.63) is 0 Å². The normalized spacial score (nSPS) is 15.8. The lowest BCUT2D eigenvalue weighted by Crippen LogP contribution is -2.36. The molecule has 1 aromatic rings. The van der Waals surface area contributed by atoms with Crippen LogP contribution in [-0.2, 0) is 4.79 Å². The van der Waals surface area contributed by atoms with E-state index in [9.17, 15) is 4.79 Å². The molecule has 1 N–H and O–H groups in total. The van der Waals surface area contributed by atoms with Gasteiger partial charge in [0.25, 0.3) is 0 Å². The Kier molecular flexibility index (Phi) is 3.65. The van der Waals surface area contributed by atoms with Crippen LogP contribution in [0.5, 0.6) is 0 Å². The lowest BCUT2D eigenvalue weighted by molar-refractivity contribution is -0.133. The molecule has 0 amide bonds. The van der Waals surface area contributed by atoms with E-state index in [0.29, 0.717) is 6.04 Å². The lowest BCUT2D eigenvalue weighted by atomic mass is 9.92. The summed E-state index contributed by atoms with van der Waals surface area (Å²) in [6.07, 6.45) is 3.72. The fourth-order valence-corrected chi connectivity index (χ4v) is 3.05. The van der Waals surface area contributed by atoms with Gasteiger partial charge in [0, 0.05) is 13.1 Å². The van der Waals surface area contributed by atoms with Crippen molar-refractivity contribution in [1.29, 1.82) is 0 Å². The first-order chi connectivity index (χ1) is 7.66. The van der Waals surface area contributed by atoms with Gasteiger partial charge in [-0.3, -0.25) is 4.79 Å². The number of carbonyl (C=O) groups is 1. The van der Waals surface area contributed by atoms with Gasteiger partial charge >= 0.3 is 5.97 Å². The van der Waals surface area contributed by atoms with E-state index < -0.39 is 5.97 Å². The molecule has 0 saturated heterocycles. The average molecular weight is 259 g/mol. The maximum atomic E-state index is 10.4. The van der Waals surface area contributed by atoms with Crippen LogP contribution >= 0.6 is 23.1 Å². The van der Waals surface area contributed by atoms with E-state index in [2.05, 4.69) is 15.1 Å². The Labute approximate surface area is 102 Å². The van der Waals surface area contributed by atoms with Crippen molar-refractivity contribution < 1.29 is 9.90 Å². The van der Waals surface area contributed by atoms with E-state index in [1.165, 1.54) is 42.4 Å². The number of hydrogen-bond acceptors (Lipinski definition) is 6. The number of rotatable bonds is 5.